The lowest BCUT2D eigenvalue weighted by atomic mass is 9.84. The molecule has 0 fully saturated rings. The second-order valence-electron chi connectivity index (χ2n) is 6.79. The minimum absolute atomic E-state index is 0.0816. The summed E-state index contributed by atoms with van der Waals surface area (Å²) < 4.78 is 5.41. The summed E-state index contributed by atoms with van der Waals surface area (Å²) in [5, 5.41) is 8.65. The number of ether oxygens (including phenoxy) is 1. The van der Waals surface area contributed by atoms with Crippen molar-refractivity contribution in [1.82, 2.24) is 0 Å². The number of carbonyl (C=O) groups is 2. The molecule has 0 amide bonds. The molecule has 0 heterocycles. The number of aliphatic carboxylic acids is 1. The molecule has 0 aliphatic rings. The van der Waals surface area contributed by atoms with Crippen LogP contribution in [0.4, 0.5) is 0 Å². The average molecular weight is 338 g/mol. The van der Waals surface area contributed by atoms with Gasteiger partial charge in [0.25, 0.3) is 0 Å². The zero-order valence-corrected chi connectivity index (χ0v) is 14.9. The number of rotatable bonds is 5. The Morgan fingerprint density at radius 2 is 1.60 bits per heavy atom. The van der Waals surface area contributed by atoms with Crippen LogP contribution in [0.5, 0.6) is 5.75 Å². The minimum atomic E-state index is -1.01. The molecule has 25 heavy (non-hydrogen) atoms. The lowest BCUT2D eigenvalue weighted by Crippen LogP contribution is -2.14. The van der Waals surface area contributed by atoms with Crippen LogP contribution in [0.1, 0.15) is 47.8 Å². The van der Waals surface area contributed by atoms with Crippen molar-refractivity contribution in [1.29, 1.82) is 0 Å². The first kappa shape index (κ1) is 18.5. The fourth-order valence-electron chi connectivity index (χ4n) is 2.52. The average Bonchev–Trinajstić information content (AvgIpc) is 2.58. The molecule has 0 atom stereocenters. The van der Waals surface area contributed by atoms with Crippen LogP contribution >= 0.6 is 0 Å². The summed E-state index contributed by atoms with van der Waals surface area (Å²) >= 11 is 0. The van der Waals surface area contributed by atoms with Crippen LogP contribution in [-0.2, 0) is 10.2 Å². The highest BCUT2D eigenvalue weighted by Gasteiger charge is 2.21. The van der Waals surface area contributed by atoms with E-state index in [0.29, 0.717) is 11.1 Å². The molecule has 1 N–H and O–H groups in total. The van der Waals surface area contributed by atoms with Crippen LogP contribution in [-0.4, -0.2) is 24.0 Å². The zero-order valence-electron chi connectivity index (χ0n) is 14.9. The van der Waals surface area contributed by atoms with Crippen LogP contribution in [0.2, 0.25) is 0 Å². The molecule has 130 valence electrons. The number of carboxylic acid groups (broad SMARTS) is 1. The van der Waals surface area contributed by atoms with Gasteiger partial charge >= 0.3 is 5.97 Å². The Labute approximate surface area is 147 Å². The molecule has 0 unspecified atom stereocenters. The van der Waals surface area contributed by atoms with E-state index in [1.807, 2.05) is 12.1 Å². The van der Waals surface area contributed by atoms with Crippen molar-refractivity contribution in [2.45, 2.75) is 26.2 Å². The van der Waals surface area contributed by atoms with Crippen molar-refractivity contribution >= 4 is 17.8 Å². The van der Waals surface area contributed by atoms with E-state index < -0.39 is 5.97 Å². The lowest BCUT2D eigenvalue weighted by Gasteiger charge is -2.22. The van der Waals surface area contributed by atoms with Crippen LogP contribution in [0.25, 0.3) is 6.08 Å². The molecule has 2 rings (SSSR count). The van der Waals surface area contributed by atoms with Gasteiger partial charge in [-0.05, 0) is 35.3 Å². The summed E-state index contributed by atoms with van der Waals surface area (Å²) in [6, 6.07) is 12.3. The summed E-state index contributed by atoms with van der Waals surface area (Å²) in [6.07, 6.45) is 2.55. The minimum Gasteiger partial charge on any atom is -0.496 e. The lowest BCUT2D eigenvalue weighted by molar-refractivity contribution is -0.131. The van der Waals surface area contributed by atoms with Gasteiger partial charge in [-0.15, -0.1) is 0 Å². The summed E-state index contributed by atoms with van der Waals surface area (Å²) in [5.74, 6) is -0.326. The molecule has 2 aromatic carbocycles. The molecule has 0 aliphatic carbocycles. The molecule has 0 aromatic heterocycles. The van der Waals surface area contributed by atoms with Crippen molar-refractivity contribution in [2.75, 3.05) is 7.11 Å². The normalized spacial score (nSPS) is 11.5. The number of methoxy groups -OCH3 is 1. The van der Waals surface area contributed by atoms with E-state index in [0.717, 1.165) is 23.0 Å². The molecule has 4 heteroatoms. The number of hydrogen-bond donors (Lipinski definition) is 1. The van der Waals surface area contributed by atoms with E-state index in [4.69, 9.17) is 9.84 Å². The van der Waals surface area contributed by atoms with Gasteiger partial charge in [-0.25, -0.2) is 4.79 Å². The van der Waals surface area contributed by atoms with Crippen molar-refractivity contribution in [3.05, 3.63) is 70.8 Å². The van der Waals surface area contributed by atoms with Gasteiger partial charge < -0.3 is 9.84 Å². The number of ketones is 1. The third kappa shape index (κ3) is 4.57. The van der Waals surface area contributed by atoms with Gasteiger partial charge in [0.15, 0.2) is 5.78 Å². The number of carbonyl (C=O) groups excluding carboxylic acids is 1. The molecular formula is C21H22O4. The monoisotopic (exact) mass is 338 g/mol. The quantitative estimate of drug-likeness (QED) is 0.651. The maximum atomic E-state index is 12.7. The number of hydrogen-bond acceptors (Lipinski definition) is 3. The van der Waals surface area contributed by atoms with E-state index >= 15 is 0 Å². The maximum absolute atomic E-state index is 12.7. The predicted molar refractivity (Wildman–Crippen MR) is 98.2 cm³/mol. The second kappa shape index (κ2) is 7.34. The molecule has 0 radical (unpaired) electrons. The molecule has 0 spiro atoms. The molecule has 0 saturated heterocycles. The number of benzene rings is 2. The SMILES string of the molecule is COc1ccc(C(=O)c2ccc(/C=C/C(=O)O)cc2)cc1C(C)(C)C. The molecule has 0 saturated carbocycles. The Morgan fingerprint density at radius 1 is 1.00 bits per heavy atom. The summed E-state index contributed by atoms with van der Waals surface area (Å²) in [5.41, 5.74) is 2.70. The third-order valence-electron chi connectivity index (χ3n) is 3.86. The van der Waals surface area contributed by atoms with E-state index in [2.05, 4.69) is 20.8 Å². The van der Waals surface area contributed by atoms with E-state index in [9.17, 15) is 9.59 Å². The first-order chi connectivity index (χ1) is 11.7. The van der Waals surface area contributed by atoms with E-state index in [1.165, 1.54) is 6.08 Å². The molecular weight excluding hydrogens is 316 g/mol. The first-order valence-corrected chi connectivity index (χ1v) is 7.96. The highest BCUT2D eigenvalue weighted by atomic mass is 16.5. The fourth-order valence-corrected chi connectivity index (χ4v) is 2.52. The largest absolute Gasteiger partial charge is 0.496 e. The maximum Gasteiger partial charge on any atom is 0.328 e. The highest BCUT2D eigenvalue weighted by molar-refractivity contribution is 6.09. The van der Waals surface area contributed by atoms with E-state index in [1.54, 1.807) is 37.4 Å². The first-order valence-electron chi connectivity index (χ1n) is 7.96. The van der Waals surface area contributed by atoms with Crippen LogP contribution in [0.15, 0.2) is 48.5 Å². The Kier molecular flexibility index (Phi) is 5.42. The third-order valence-corrected chi connectivity index (χ3v) is 3.86. The van der Waals surface area contributed by atoms with Gasteiger partial charge in [-0.1, -0.05) is 45.0 Å². The molecule has 4 nitrogen and oxygen atoms in total. The summed E-state index contributed by atoms with van der Waals surface area (Å²) in [6.45, 7) is 6.22. The van der Waals surface area contributed by atoms with Crippen molar-refractivity contribution in [3.63, 3.8) is 0 Å². The van der Waals surface area contributed by atoms with Gasteiger partial charge in [-0.3, -0.25) is 4.79 Å². The van der Waals surface area contributed by atoms with E-state index in [-0.39, 0.29) is 11.2 Å². The van der Waals surface area contributed by atoms with Crippen LogP contribution in [0.3, 0.4) is 0 Å². The Hall–Kier alpha value is -2.88. The van der Waals surface area contributed by atoms with Gasteiger partial charge in [0.2, 0.25) is 0 Å². The van der Waals surface area contributed by atoms with Crippen LogP contribution in [0, 0.1) is 0 Å². The van der Waals surface area contributed by atoms with Crippen LogP contribution < -0.4 is 4.74 Å². The van der Waals surface area contributed by atoms with Gasteiger partial charge in [-0.2, -0.15) is 0 Å². The molecule has 2 aromatic rings. The summed E-state index contributed by atoms with van der Waals surface area (Å²) in [7, 11) is 1.62. The molecule has 0 bridgehead atoms. The van der Waals surface area contributed by atoms with Crippen molar-refractivity contribution < 1.29 is 19.4 Å². The smallest absolute Gasteiger partial charge is 0.328 e. The van der Waals surface area contributed by atoms with Gasteiger partial charge in [0.1, 0.15) is 5.75 Å². The van der Waals surface area contributed by atoms with Crippen molar-refractivity contribution in [2.24, 2.45) is 0 Å². The summed E-state index contributed by atoms with van der Waals surface area (Å²) in [4.78, 5) is 23.3. The molecule has 0 aliphatic heterocycles. The highest BCUT2D eigenvalue weighted by Crippen LogP contribution is 2.32. The predicted octanol–water partition coefficient (Wildman–Crippen LogP) is 4.32. The second-order valence-corrected chi connectivity index (χ2v) is 6.79. The van der Waals surface area contributed by atoms with Gasteiger partial charge in [0, 0.05) is 22.8 Å². The zero-order chi connectivity index (χ0) is 18.6. The Balaban J connectivity index is 2.33. The van der Waals surface area contributed by atoms with Crippen molar-refractivity contribution in [3.8, 4) is 5.75 Å². The Bertz CT molecular complexity index is 809. The standard InChI is InChI=1S/C21H22O4/c1-21(2,3)17-13-16(10-11-18(17)25-4)20(24)15-8-5-14(6-9-15)7-12-19(22)23/h5-13H,1-4H3,(H,22,23)/b12-7+. The Morgan fingerprint density at radius 3 is 2.12 bits per heavy atom. The van der Waals surface area contributed by atoms with Gasteiger partial charge in [0.05, 0.1) is 7.11 Å². The number of carboxylic acids is 1. The topological polar surface area (TPSA) is 63.6 Å². The fraction of sp³-hybridized carbons (Fsp3) is 0.238.